The molecule has 4 heterocycles. The van der Waals surface area contributed by atoms with Crippen molar-refractivity contribution >= 4 is 87.2 Å². The highest BCUT2D eigenvalue weighted by Gasteiger charge is 2.20. The minimum Gasteiger partial charge on any atom is -0.309 e. The topological polar surface area (TPSA) is 19.7 Å². The first-order valence-electron chi connectivity index (χ1n) is 34.2. The van der Waals surface area contributed by atoms with Crippen molar-refractivity contribution < 1.29 is 38.4 Å². The predicted octanol–water partition coefficient (Wildman–Crippen LogP) is 16.1. The van der Waals surface area contributed by atoms with E-state index >= 15 is 0 Å². The Hall–Kier alpha value is -8.60. The van der Waals surface area contributed by atoms with Crippen LogP contribution in [-0.4, -0.2) is 18.3 Å². The highest BCUT2D eigenvalue weighted by molar-refractivity contribution is 6.14. The van der Waals surface area contributed by atoms with E-state index in [-0.39, 0.29) is 105 Å². The first-order chi connectivity index (χ1) is 43.8. The molecular weight excluding hydrogens is 789 g/mol. The van der Waals surface area contributed by atoms with E-state index in [0.29, 0.717) is 0 Å². The molecule has 0 fully saturated rings. The Morgan fingerprint density at radius 1 is 0.323 bits per heavy atom. The van der Waals surface area contributed by atoms with Gasteiger partial charge in [-0.15, -0.1) is 0 Å². The van der Waals surface area contributed by atoms with Crippen LogP contribution in [0.4, 0.5) is 0 Å². The Morgan fingerprint density at radius 2 is 0.769 bits per heavy atom. The number of nitrogens with zero attached hydrogens (tertiary/aromatic N) is 4. The molecule has 0 radical (unpaired) electrons. The zero-order valence-electron chi connectivity index (χ0n) is 61.5. The Bertz CT molecular complexity index is 5780. The summed E-state index contributed by atoms with van der Waals surface area (Å²) in [5, 5.41) is -2.29. The van der Waals surface area contributed by atoms with Gasteiger partial charge in [-0.3, -0.25) is 0 Å². The van der Waals surface area contributed by atoms with Crippen molar-refractivity contribution in [3.8, 4) is 33.9 Å². The fourth-order valence-electron chi connectivity index (χ4n) is 9.00. The van der Waals surface area contributed by atoms with Gasteiger partial charge in [0.2, 0.25) is 0 Å². The Balaban J connectivity index is 1.07. The first-order valence-corrected chi connectivity index (χ1v) is 20.2. The van der Waals surface area contributed by atoms with Gasteiger partial charge in [0, 0.05) is 65.7 Å². The van der Waals surface area contributed by atoms with Crippen LogP contribution in [-0.2, 0) is 0 Å². The maximum atomic E-state index is 10.1. The van der Waals surface area contributed by atoms with Gasteiger partial charge in [-0.25, -0.2) is 0 Å². The van der Waals surface area contributed by atoms with Gasteiger partial charge in [0.25, 0.3) is 0 Å². The zero-order chi connectivity index (χ0) is 67.1. The van der Waals surface area contributed by atoms with E-state index in [4.69, 9.17) is 23.3 Å². The first kappa shape index (κ1) is 18.2. The van der Waals surface area contributed by atoms with E-state index in [2.05, 4.69) is 0 Å². The number of hydrogen-bond acceptors (Lipinski definition) is 0. The van der Waals surface area contributed by atoms with Crippen LogP contribution in [0, 0.1) is 6.92 Å². The fourth-order valence-corrected chi connectivity index (χ4v) is 9.00. The zero-order valence-corrected chi connectivity index (χ0v) is 33.5. The molecule has 14 aromatic rings. The Morgan fingerprint density at radius 3 is 1.37 bits per heavy atom. The van der Waals surface area contributed by atoms with Gasteiger partial charge in [0.1, 0.15) is 0 Å². The van der Waals surface area contributed by atoms with E-state index in [1.54, 1.807) is 42.5 Å². The molecule has 0 unspecified atom stereocenters. The summed E-state index contributed by atoms with van der Waals surface area (Å²) in [6, 6.07) is -5.04. The van der Waals surface area contributed by atoms with Crippen LogP contribution in [0.15, 0.2) is 224 Å². The largest absolute Gasteiger partial charge is 0.309 e. The molecule has 0 N–H and O–H groups in total. The molecule has 0 aliphatic heterocycles. The standard InChI is InChI=1S/C61H40N4/c1-39-29-32-59-50(35-39)47-20-5-11-26-56(47)64(59)43-30-33-60-51(37-43)48-21-6-12-27-57(48)62(60)41-16-14-15-40(36-41)44-17-2-8-23-53(44)65-58-28-13-7-22-49(58)52-38-42(31-34-61(52)65)63-54-24-9-3-18-45(54)46-19-4-10-25-55(46)63/h2-38H,1H3/i3D,4D,5D,6D,7D,9D,10D,11D,12D,13D,18D,19D,20D,21D,22D,24D,25D,26D,27D,29D,30D,31D,32D,33D,34D,35D,37D,38D. The maximum Gasteiger partial charge on any atom is 0.0652 e. The van der Waals surface area contributed by atoms with Gasteiger partial charge >= 0.3 is 0 Å². The van der Waals surface area contributed by atoms with Crippen LogP contribution < -0.4 is 0 Å². The molecule has 10 aromatic carbocycles. The molecule has 0 atom stereocenters. The number of aromatic nitrogens is 4. The van der Waals surface area contributed by atoms with E-state index in [1.165, 1.54) is 28.2 Å². The second kappa shape index (κ2) is 13.7. The number of fused-ring (bicyclic) bond motifs is 12. The highest BCUT2D eigenvalue weighted by Crippen LogP contribution is 2.41. The van der Waals surface area contributed by atoms with E-state index in [9.17, 15) is 15.1 Å². The van der Waals surface area contributed by atoms with Gasteiger partial charge in [0.05, 0.1) is 88.2 Å². The lowest BCUT2D eigenvalue weighted by molar-refractivity contribution is 1.16. The van der Waals surface area contributed by atoms with E-state index in [1.807, 2.05) is 0 Å². The second-order valence-corrected chi connectivity index (χ2v) is 15.2. The van der Waals surface area contributed by atoms with Crippen molar-refractivity contribution in [2.24, 2.45) is 0 Å². The molecule has 14 rings (SSSR count). The molecule has 4 nitrogen and oxygen atoms in total. The molecule has 0 bridgehead atoms. The van der Waals surface area contributed by atoms with Crippen LogP contribution in [0.25, 0.3) is 121 Å². The summed E-state index contributed by atoms with van der Waals surface area (Å²) >= 11 is 0. The molecule has 0 spiro atoms. The summed E-state index contributed by atoms with van der Waals surface area (Å²) in [4.78, 5) is 0. The SMILES string of the molecule is [2H]c1cc2c(c([2H])c1[2H])c1c([2H])c(-n3c4c([2H])c([2H])c([2H])c([2H])c4c4c([2H])c([2H])c([2H])c([2H])c43)c([2H])c([2H])c1n2-c1ccccc1-c1cccc(-n2c3c([2H])c([2H])c([2H])c([2H])c3c3c([2H])c(-n4c5c([2H])c([2H])c([2H])c([2H])c5c5c([2H])c(C)c([2H])c([2H])c54)c([2H])c([2H])c32)c1. The van der Waals surface area contributed by atoms with Gasteiger partial charge in [-0.2, -0.15) is 0 Å². The fraction of sp³-hybridized carbons (Fsp3) is 0.0164. The third-order valence-corrected chi connectivity index (χ3v) is 11.7. The van der Waals surface area contributed by atoms with Crippen molar-refractivity contribution in [2.75, 3.05) is 0 Å². The summed E-state index contributed by atoms with van der Waals surface area (Å²) in [6.45, 7) is 1.39. The monoisotopic (exact) mass is 857 g/mol. The van der Waals surface area contributed by atoms with Crippen molar-refractivity contribution in [2.45, 2.75) is 6.92 Å². The normalized spacial score (nSPS) is 18.1. The Labute approximate surface area is 414 Å². The van der Waals surface area contributed by atoms with Gasteiger partial charge in [-0.05, 0) is 109 Å². The third kappa shape index (κ3) is 5.19. The minimum atomic E-state index is -0.786. The van der Waals surface area contributed by atoms with Gasteiger partial charge < -0.3 is 18.3 Å². The molecule has 4 aromatic heterocycles. The van der Waals surface area contributed by atoms with Crippen molar-refractivity contribution in [3.63, 3.8) is 0 Å². The number of hydrogen-bond donors (Lipinski definition) is 0. The van der Waals surface area contributed by atoms with Crippen LogP contribution in [0.3, 0.4) is 0 Å². The summed E-state index contributed by atoms with van der Waals surface area (Å²) in [5.74, 6) is 0. The average Bonchev–Trinajstić information content (AvgIpc) is 1.54. The van der Waals surface area contributed by atoms with Crippen molar-refractivity contribution in [1.29, 1.82) is 0 Å². The van der Waals surface area contributed by atoms with Crippen LogP contribution in [0.5, 0.6) is 0 Å². The van der Waals surface area contributed by atoms with Crippen LogP contribution >= 0.6 is 0 Å². The molecule has 0 amide bonds. The lowest BCUT2D eigenvalue weighted by Crippen LogP contribution is -1.99. The van der Waals surface area contributed by atoms with E-state index in [0.717, 1.165) is 9.13 Å². The summed E-state index contributed by atoms with van der Waals surface area (Å²) < 4.78 is 262. The molecule has 0 aliphatic carbocycles. The molecule has 4 heteroatoms. The maximum absolute atomic E-state index is 10.1. The predicted molar refractivity (Wildman–Crippen MR) is 274 cm³/mol. The smallest absolute Gasteiger partial charge is 0.0652 e. The lowest BCUT2D eigenvalue weighted by atomic mass is 10.0. The molecule has 65 heavy (non-hydrogen) atoms. The lowest BCUT2D eigenvalue weighted by Gasteiger charge is -2.16. The van der Waals surface area contributed by atoms with Crippen LogP contribution in [0.2, 0.25) is 0 Å². The second-order valence-electron chi connectivity index (χ2n) is 15.2. The summed E-state index contributed by atoms with van der Waals surface area (Å²) in [7, 11) is 0. The summed E-state index contributed by atoms with van der Waals surface area (Å²) in [6.07, 6.45) is 0. The molecule has 304 valence electrons. The van der Waals surface area contributed by atoms with Crippen LogP contribution in [0.1, 0.15) is 43.9 Å². The van der Waals surface area contributed by atoms with E-state index < -0.39 is 191 Å². The van der Waals surface area contributed by atoms with Crippen molar-refractivity contribution in [1.82, 2.24) is 18.3 Å². The third-order valence-electron chi connectivity index (χ3n) is 11.7. The van der Waals surface area contributed by atoms with Gasteiger partial charge in [-0.1, -0.05) is 133 Å². The molecule has 0 saturated carbocycles. The average molecular weight is 857 g/mol. The summed E-state index contributed by atoms with van der Waals surface area (Å²) in [5.41, 5.74) is -2.86. The molecule has 0 saturated heterocycles. The van der Waals surface area contributed by atoms with Gasteiger partial charge in [0.15, 0.2) is 0 Å². The number of rotatable bonds is 5. The Kier molecular flexibility index (Phi) is 3.85. The molecular formula is C61H40N4. The minimum absolute atomic E-state index is 0.0115. The number of benzene rings is 10. The highest BCUT2D eigenvalue weighted by atomic mass is 15.0. The van der Waals surface area contributed by atoms with Crippen molar-refractivity contribution in [3.05, 3.63) is 229 Å². The molecule has 0 aliphatic rings. The number of para-hydroxylation sites is 6. The quantitative estimate of drug-likeness (QED) is 0.164.